The molecule has 0 saturated carbocycles. The molecule has 4 heteroatoms. The molecule has 4 rings (SSSR count). The van der Waals surface area contributed by atoms with Crippen LogP contribution in [0.2, 0.25) is 0 Å². The van der Waals surface area contributed by atoms with Crippen molar-refractivity contribution in [2.75, 3.05) is 18.0 Å². The zero-order valence-electron chi connectivity index (χ0n) is 13.9. The van der Waals surface area contributed by atoms with Crippen molar-refractivity contribution in [1.82, 2.24) is 5.32 Å². The lowest BCUT2D eigenvalue weighted by atomic mass is 9.96. The van der Waals surface area contributed by atoms with E-state index >= 15 is 0 Å². The number of benzene rings is 2. The Morgan fingerprint density at radius 2 is 1.92 bits per heavy atom. The Morgan fingerprint density at radius 3 is 2.79 bits per heavy atom. The molecule has 0 amide bonds. The van der Waals surface area contributed by atoms with Gasteiger partial charge in [0, 0.05) is 18.3 Å². The van der Waals surface area contributed by atoms with Gasteiger partial charge in [0.05, 0.1) is 5.69 Å². The van der Waals surface area contributed by atoms with Gasteiger partial charge in [0.15, 0.2) is 0 Å². The van der Waals surface area contributed by atoms with Crippen molar-refractivity contribution in [2.24, 2.45) is 10.7 Å². The van der Waals surface area contributed by atoms with Gasteiger partial charge in [-0.2, -0.15) is 0 Å². The number of nitrogens with zero attached hydrogens (tertiary/aromatic N) is 2. The van der Waals surface area contributed by atoms with Crippen LogP contribution in [0.25, 0.3) is 0 Å². The minimum absolute atomic E-state index is 0.386. The first-order valence-electron chi connectivity index (χ1n) is 8.85. The van der Waals surface area contributed by atoms with E-state index in [2.05, 4.69) is 52.7 Å². The van der Waals surface area contributed by atoms with Crippen molar-refractivity contribution in [3.05, 3.63) is 59.7 Å². The van der Waals surface area contributed by atoms with Crippen molar-refractivity contribution < 1.29 is 0 Å². The first kappa shape index (κ1) is 15.2. The Hall–Kier alpha value is -2.33. The summed E-state index contributed by atoms with van der Waals surface area (Å²) in [6, 6.07) is 17.2. The molecule has 2 heterocycles. The maximum atomic E-state index is 6.38. The number of para-hydroxylation sites is 2. The molecular weight excluding hydrogens is 296 g/mol. The number of hydrogen-bond acceptors (Lipinski definition) is 2. The summed E-state index contributed by atoms with van der Waals surface area (Å²) in [5.41, 5.74) is 11.2. The number of nitrogens with one attached hydrogen (secondary N) is 1. The van der Waals surface area contributed by atoms with E-state index in [1.54, 1.807) is 0 Å². The minimum Gasteiger partial charge on any atom is -0.369 e. The molecule has 2 aliphatic heterocycles. The van der Waals surface area contributed by atoms with Gasteiger partial charge in [-0.1, -0.05) is 42.8 Å². The van der Waals surface area contributed by atoms with E-state index in [0.29, 0.717) is 12.0 Å². The fraction of sp³-hybridized carbons (Fsp3) is 0.350. The fourth-order valence-corrected chi connectivity index (χ4v) is 3.76. The van der Waals surface area contributed by atoms with Gasteiger partial charge in [-0.15, -0.1) is 0 Å². The standard InChI is InChI=1S/C20H24N4/c21-20(24-14-12-15-7-1-4-11-19(15)24)23-18-10-3-2-8-16(18)17-9-5-6-13-22-17/h1-4,7-8,10-11,17,22H,5-6,9,12-14H2,(H2,21,23). The van der Waals surface area contributed by atoms with Gasteiger partial charge in [-0.05, 0) is 49.1 Å². The molecule has 24 heavy (non-hydrogen) atoms. The quantitative estimate of drug-likeness (QED) is 0.657. The van der Waals surface area contributed by atoms with Gasteiger partial charge in [0.25, 0.3) is 0 Å². The van der Waals surface area contributed by atoms with Crippen molar-refractivity contribution in [2.45, 2.75) is 31.7 Å². The summed E-state index contributed by atoms with van der Waals surface area (Å²) in [5, 5.41) is 3.61. The van der Waals surface area contributed by atoms with Gasteiger partial charge in [0.1, 0.15) is 0 Å². The number of aliphatic imine (C=N–C) groups is 1. The molecule has 0 aromatic heterocycles. The molecule has 2 aliphatic rings. The lowest BCUT2D eigenvalue weighted by Gasteiger charge is -2.25. The van der Waals surface area contributed by atoms with Crippen molar-refractivity contribution in [1.29, 1.82) is 0 Å². The lowest BCUT2D eigenvalue weighted by Crippen LogP contribution is -2.35. The average molecular weight is 320 g/mol. The van der Waals surface area contributed by atoms with Crippen LogP contribution in [0.4, 0.5) is 11.4 Å². The fourth-order valence-electron chi connectivity index (χ4n) is 3.76. The second-order valence-electron chi connectivity index (χ2n) is 6.56. The highest BCUT2D eigenvalue weighted by Gasteiger charge is 2.22. The molecule has 0 radical (unpaired) electrons. The molecule has 4 nitrogen and oxygen atoms in total. The third-order valence-corrected chi connectivity index (χ3v) is 5.02. The van der Waals surface area contributed by atoms with E-state index in [4.69, 9.17) is 10.7 Å². The Balaban J connectivity index is 1.64. The second kappa shape index (κ2) is 6.65. The summed E-state index contributed by atoms with van der Waals surface area (Å²) in [6.45, 7) is 1.98. The highest BCUT2D eigenvalue weighted by atomic mass is 15.3. The van der Waals surface area contributed by atoms with E-state index in [0.717, 1.165) is 25.2 Å². The van der Waals surface area contributed by atoms with Crippen LogP contribution in [-0.2, 0) is 6.42 Å². The zero-order chi connectivity index (χ0) is 16.4. The number of nitrogens with two attached hydrogens (primary N) is 1. The average Bonchev–Trinajstić information content (AvgIpc) is 3.07. The molecule has 1 atom stereocenters. The number of fused-ring (bicyclic) bond motifs is 1. The second-order valence-corrected chi connectivity index (χ2v) is 6.56. The topological polar surface area (TPSA) is 53.6 Å². The molecule has 2 aromatic carbocycles. The van der Waals surface area contributed by atoms with Crippen LogP contribution in [0.5, 0.6) is 0 Å². The number of piperidine rings is 1. The number of anilines is 1. The monoisotopic (exact) mass is 320 g/mol. The third-order valence-electron chi connectivity index (χ3n) is 5.02. The molecule has 3 N–H and O–H groups in total. The molecule has 1 unspecified atom stereocenters. The number of hydrogen-bond donors (Lipinski definition) is 2. The molecular formula is C20H24N4. The Kier molecular flexibility index (Phi) is 4.22. The first-order valence-corrected chi connectivity index (χ1v) is 8.85. The van der Waals surface area contributed by atoms with Crippen LogP contribution in [0.3, 0.4) is 0 Å². The smallest absolute Gasteiger partial charge is 0.201 e. The van der Waals surface area contributed by atoms with Crippen molar-refractivity contribution >= 4 is 17.3 Å². The summed E-state index contributed by atoms with van der Waals surface area (Å²) >= 11 is 0. The lowest BCUT2D eigenvalue weighted by molar-refractivity contribution is 0.413. The molecule has 0 bridgehead atoms. The van der Waals surface area contributed by atoms with Gasteiger partial charge >= 0.3 is 0 Å². The van der Waals surface area contributed by atoms with Crippen LogP contribution in [-0.4, -0.2) is 19.0 Å². The maximum Gasteiger partial charge on any atom is 0.201 e. The van der Waals surface area contributed by atoms with Gasteiger partial charge in [-0.3, -0.25) is 0 Å². The normalized spacial score (nSPS) is 20.9. The molecule has 1 saturated heterocycles. The van der Waals surface area contributed by atoms with E-state index in [1.807, 2.05) is 6.07 Å². The molecule has 2 aromatic rings. The maximum absolute atomic E-state index is 6.38. The Morgan fingerprint density at radius 1 is 1.08 bits per heavy atom. The molecule has 0 aliphatic carbocycles. The highest BCUT2D eigenvalue weighted by Crippen LogP contribution is 2.32. The van der Waals surface area contributed by atoms with Crippen LogP contribution in [0.15, 0.2) is 53.5 Å². The van der Waals surface area contributed by atoms with E-state index < -0.39 is 0 Å². The van der Waals surface area contributed by atoms with Gasteiger partial charge in [-0.25, -0.2) is 4.99 Å². The summed E-state index contributed by atoms with van der Waals surface area (Å²) in [6.07, 6.45) is 4.72. The molecule has 124 valence electrons. The molecule has 1 fully saturated rings. The van der Waals surface area contributed by atoms with Gasteiger partial charge in [0.2, 0.25) is 5.96 Å². The Bertz CT molecular complexity index is 747. The molecule has 0 spiro atoms. The number of guanidine groups is 1. The van der Waals surface area contributed by atoms with E-state index in [1.165, 1.54) is 36.1 Å². The third kappa shape index (κ3) is 2.89. The van der Waals surface area contributed by atoms with E-state index in [9.17, 15) is 0 Å². The van der Waals surface area contributed by atoms with E-state index in [-0.39, 0.29) is 0 Å². The zero-order valence-corrected chi connectivity index (χ0v) is 13.9. The summed E-state index contributed by atoms with van der Waals surface area (Å²) in [5.74, 6) is 0.586. The van der Waals surface area contributed by atoms with Crippen molar-refractivity contribution in [3.63, 3.8) is 0 Å². The predicted octanol–water partition coefficient (Wildman–Crippen LogP) is 3.51. The summed E-state index contributed by atoms with van der Waals surface area (Å²) < 4.78 is 0. The SMILES string of the molecule is NC(=Nc1ccccc1C1CCCCN1)N1CCc2ccccc21. The highest BCUT2D eigenvalue weighted by molar-refractivity contribution is 5.98. The van der Waals surface area contributed by atoms with Gasteiger partial charge < -0.3 is 16.0 Å². The van der Waals surface area contributed by atoms with Crippen LogP contribution in [0, 0.1) is 0 Å². The van der Waals surface area contributed by atoms with Crippen LogP contribution in [0.1, 0.15) is 36.4 Å². The number of rotatable bonds is 2. The van der Waals surface area contributed by atoms with Crippen LogP contribution >= 0.6 is 0 Å². The van der Waals surface area contributed by atoms with Crippen molar-refractivity contribution in [3.8, 4) is 0 Å². The predicted molar refractivity (Wildman–Crippen MR) is 99.8 cm³/mol. The summed E-state index contributed by atoms with van der Waals surface area (Å²) in [4.78, 5) is 6.92. The Labute approximate surface area is 143 Å². The largest absolute Gasteiger partial charge is 0.369 e. The van der Waals surface area contributed by atoms with Crippen LogP contribution < -0.4 is 16.0 Å². The minimum atomic E-state index is 0.386. The first-order chi connectivity index (χ1) is 11.8. The summed E-state index contributed by atoms with van der Waals surface area (Å²) in [7, 11) is 0.